The van der Waals surface area contributed by atoms with Gasteiger partial charge in [-0.25, -0.2) is 14.0 Å². The van der Waals surface area contributed by atoms with Crippen molar-refractivity contribution in [3.63, 3.8) is 0 Å². The predicted octanol–water partition coefficient (Wildman–Crippen LogP) is 5.97. The minimum absolute atomic E-state index is 0.0809. The number of amides is 1. The maximum absolute atomic E-state index is 14.8. The molecule has 1 N–H and O–H groups in total. The lowest BCUT2D eigenvalue weighted by atomic mass is 10.1. The molecule has 3 rings (SSSR count). The van der Waals surface area contributed by atoms with Crippen LogP contribution in [0.4, 0.5) is 19.7 Å². The summed E-state index contributed by atoms with van der Waals surface area (Å²) in [6.45, 7) is 10.3. The maximum atomic E-state index is 14.8. The molecule has 8 heteroatoms. The smallest absolute Gasteiger partial charge is 0.435 e. The third-order valence-corrected chi connectivity index (χ3v) is 4.02. The van der Waals surface area contributed by atoms with Crippen LogP contribution in [0.25, 0.3) is 22.2 Å². The fourth-order valence-electron chi connectivity index (χ4n) is 2.90. The zero-order chi connectivity index (χ0) is 23.0. The van der Waals surface area contributed by atoms with Gasteiger partial charge in [-0.1, -0.05) is 30.3 Å². The Morgan fingerprint density at radius 1 is 0.968 bits per heavy atom. The van der Waals surface area contributed by atoms with E-state index in [9.17, 15) is 14.0 Å². The first kappa shape index (κ1) is 22.3. The fraction of sp³-hybridized carbons (Fsp3) is 0.348. The number of carbonyl (C=O) groups is 2. The molecule has 31 heavy (non-hydrogen) atoms. The van der Waals surface area contributed by atoms with Gasteiger partial charge < -0.3 is 9.47 Å². The third kappa shape index (κ3) is 5.39. The van der Waals surface area contributed by atoms with E-state index in [0.717, 1.165) is 16.3 Å². The second-order valence-electron chi connectivity index (χ2n) is 9.08. The van der Waals surface area contributed by atoms with Crippen LogP contribution in [0.15, 0.2) is 42.5 Å². The summed E-state index contributed by atoms with van der Waals surface area (Å²) in [5.41, 5.74) is -0.165. The highest BCUT2D eigenvalue weighted by molar-refractivity contribution is 6.00. The van der Waals surface area contributed by atoms with E-state index in [4.69, 9.17) is 9.47 Å². The highest BCUT2D eigenvalue weighted by Crippen LogP contribution is 2.32. The molecule has 0 saturated heterocycles. The Morgan fingerprint density at radius 3 is 2.16 bits per heavy atom. The molecular weight excluding hydrogens is 401 g/mol. The molecule has 7 nitrogen and oxygen atoms in total. The number of fused-ring (bicyclic) bond motifs is 1. The second kappa shape index (κ2) is 8.02. The van der Waals surface area contributed by atoms with Crippen LogP contribution in [-0.2, 0) is 9.47 Å². The highest BCUT2D eigenvalue weighted by atomic mass is 19.1. The van der Waals surface area contributed by atoms with Crippen molar-refractivity contribution < 1.29 is 23.5 Å². The summed E-state index contributed by atoms with van der Waals surface area (Å²) in [5, 5.41) is 7.30. The molecule has 1 heterocycles. The zero-order valence-corrected chi connectivity index (χ0v) is 18.4. The molecule has 3 aromatic rings. The second-order valence-corrected chi connectivity index (χ2v) is 9.08. The van der Waals surface area contributed by atoms with Crippen LogP contribution in [-0.4, -0.2) is 33.2 Å². The minimum Gasteiger partial charge on any atom is -0.444 e. The van der Waals surface area contributed by atoms with Crippen LogP contribution in [0.2, 0.25) is 0 Å². The first-order valence-corrected chi connectivity index (χ1v) is 9.85. The van der Waals surface area contributed by atoms with Crippen LogP contribution in [0.5, 0.6) is 0 Å². The molecule has 1 amide bonds. The number of halogens is 1. The first-order chi connectivity index (χ1) is 14.3. The van der Waals surface area contributed by atoms with E-state index in [1.54, 1.807) is 41.5 Å². The van der Waals surface area contributed by atoms with E-state index < -0.39 is 29.2 Å². The number of benzene rings is 2. The largest absolute Gasteiger partial charge is 0.444 e. The van der Waals surface area contributed by atoms with Crippen LogP contribution >= 0.6 is 0 Å². The van der Waals surface area contributed by atoms with Gasteiger partial charge >= 0.3 is 12.2 Å². The summed E-state index contributed by atoms with van der Waals surface area (Å²) in [5.74, 6) is -0.734. The molecule has 0 aliphatic carbocycles. The van der Waals surface area contributed by atoms with Crippen LogP contribution in [0.3, 0.4) is 0 Å². The van der Waals surface area contributed by atoms with Gasteiger partial charge in [0.05, 0.1) is 11.2 Å². The minimum atomic E-state index is -0.786. The van der Waals surface area contributed by atoms with Gasteiger partial charge in [0.1, 0.15) is 22.7 Å². The highest BCUT2D eigenvalue weighted by Gasteiger charge is 2.25. The Labute approximate surface area is 180 Å². The Bertz CT molecular complexity index is 1130. The van der Waals surface area contributed by atoms with Crippen molar-refractivity contribution >= 4 is 28.8 Å². The summed E-state index contributed by atoms with van der Waals surface area (Å²) >= 11 is 0. The Balaban J connectivity index is 2.12. The molecule has 2 aromatic carbocycles. The monoisotopic (exact) mass is 427 g/mol. The number of ether oxygens (including phenoxy) is 2. The van der Waals surface area contributed by atoms with Crippen molar-refractivity contribution in [2.75, 3.05) is 5.32 Å². The van der Waals surface area contributed by atoms with E-state index in [-0.39, 0.29) is 11.2 Å². The fourth-order valence-corrected chi connectivity index (χ4v) is 2.90. The number of nitrogens with zero attached hydrogens (tertiary/aromatic N) is 2. The van der Waals surface area contributed by atoms with Crippen molar-refractivity contribution in [3.05, 3.63) is 48.3 Å². The molecule has 1 aromatic heterocycles. The molecule has 0 aliphatic heterocycles. The average molecular weight is 427 g/mol. The number of rotatable bonds is 2. The van der Waals surface area contributed by atoms with Crippen molar-refractivity contribution in [3.8, 4) is 11.3 Å². The topological polar surface area (TPSA) is 82.5 Å². The van der Waals surface area contributed by atoms with Gasteiger partial charge in [0.25, 0.3) is 0 Å². The van der Waals surface area contributed by atoms with Gasteiger partial charge in [-0.2, -0.15) is 9.78 Å². The number of anilines is 1. The van der Waals surface area contributed by atoms with Gasteiger partial charge in [0.2, 0.25) is 0 Å². The molecule has 0 unspecified atom stereocenters. The zero-order valence-electron chi connectivity index (χ0n) is 18.4. The number of hydrogen-bond acceptors (Lipinski definition) is 5. The van der Waals surface area contributed by atoms with Crippen molar-refractivity contribution in [2.24, 2.45) is 0 Å². The van der Waals surface area contributed by atoms with E-state index in [2.05, 4.69) is 10.4 Å². The third-order valence-electron chi connectivity index (χ3n) is 4.02. The summed E-state index contributed by atoms with van der Waals surface area (Å²) in [6, 6.07) is 11.7. The lowest BCUT2D eigenvalue weighted by Gasteiger charge is -2.20. The molecule has 164 valence electrons. The quantitative estimate of drug-likeness (QED) is 0.545. The van der Waals surface area contributed by atoms with Gasteiger partial charge in [-0.15, -0.1) is 0 Å². The van der Waals surface area contributed by atoms with Crippen LogP contribution < -0.4 is 5.32 Å². The van der Waals surface area contributed by atoms with E-state index in [1.807, 2.05) is 30.3 Å². The molecule has 0 atom stereocenters. The van der Waals surface area contributed by atoms with E-state index in [1.165, 1.54) is 6.07 Å². The summed E-state index contributed by atoms with van der Waals surface area (Å²) in [4.78, 5) is 24.9. The molecule has 0 spiro atoms. The molecule has 0 bridgehead atoms. The van der Waals surface area contributed by atoms with Gasteiger partial charge in [-0.3, -0.25) is 5.32 Å². The summed E-state index contributed by atoms with van der Waals surface area (Å²) in [7, 11) is 0. The Kier molecular flexibility index (Phi) is 5.76. The Hall–Kier alpha value is -3.42. The van der Waals surface area contributed by atoms with Crippen LogP contribution in [0.1, 0.15) is 41.5 Å². The van der Waals surface area contributed by atoms with Gasteiger partial charge in [-0.05, 0) is 47.6 Å². The maximum Gasteiger partial charge on any atom is 0.435 e. The normalized spacial score (nSPS) is 12.0. The molecule has 0 aliphatic rings. The number of carbonyl (C=O) groups excluding carboxylic acids is 2. The van der Waals surface area contributed by atoms with Crippen molar-refractivity contribution in [2.45, 2.75) is 52.7 Å². The first-order valence-electron chi connectivity index (χ1n) is 9.85. The number of hydrogen-bond donors (Lipinski definition) is 1. The summed E-state index contributed by atoms with van der Waals surface area (Å²) < 4.78 is 26.5. The summed E-state index contributed by atoms with van der Waals surface area (Å²) in [6.07, 6.45) is -1.52. The van der Waals surface area contributed by atoms with Crippen molar-refractivity contribution in [1.29, 1.82) is 0 Å². The number of aromatic nitrogens is 2. The molecule has 0 radical (unpaired) electrons. The lowest BCUT2D eigenvalue weighted by molar-refractivity contribution is 0.0522. The molecule has 0 fully saturated rings. The molecule has 0 saturated carbocycles. The number of nitrogens with one attached hydrogen (secondary N) is 1. The molecular formula is C23H26FN3O4. The Morgan fingerprint density at radius 2 is 1.58 bits per heavy atom. The predicted molar refractivity (Wildman–Crippen MR) is 117 cm³/mol. The van der Waals surface area contributed by atoms with Crippen LogP contribution in [0, 0.1) is 5.82 Å². The van der Waals surface area contributed by atoms with Gasteiger partial charge in [0.15, 0.2) is 0 Å². The van der Waals surface area contributed by atoms with E-state index >= 15 is 0 Å². The average Bonchev–Trinajstić information content (AvgIpc) is 2.98. The van der Waals surface area contributed by atoms with E-state index in [0.29, 0.717) is 11.1 Å². The van der Waals surface area contributed by atoms with Gasteiger partial charge in [0, 0.05) is 17.0 Å². The van der Waals surface area contributed by atoms with Crippen molar-refractivity contribution in [1.82, 2.24) is 9.78 Å². The standard InChI is InChI=1S/C23H26FN3O4/c1-22(2,3)30-20(28)25-17-12-15-18(13-16(17)24)27(21(29)31-23(4,5)6)26-19(15)14-10-8-7-9-11-14/h7-13H,1-6H3,(H,25,28). The SMILES string of the molecule is CC(C)(C)OC(=O)Nc1cc2c(-c3ccccc3)nn(C(=O)OC(C)(C)C)c2cc1F. The lowest BCUT2D eigenvalue weighted by Crippen LogP contribution is -2.28.